The number of likely N-dealkylation sites (N-methyl/N-ethyl adjacent to an activating group) is 1. The summed E-state index contributed by atoms with van der Waals surface area (Å²) in [4.78, 5) is 26.4. The van der Waals surface area contributed by atoms with Crippen LogP contribution in [0.3, 0.4) is 0 Å². The van der Waals surface area contributed by atoms with Gasteiger partial charge in [0.15, 0.2) is 0 Å². The van der Waals surface area contributed by atoms with Gasteiger partial charge in [0.25, 0.3) is 11.1 Å². The molecule has 1 aromatic heterocycles. The molecule has 0 spiro atoms. The van der Waals surface area contributed by atoms with E-state index in [0.717, 1.165) is 39.0 Å². The van der Waals surface area contributed by atoms with E-state index >= 15 is 0 Å². The number of rotatable bonds is 9. The van der Waals surface area contributed by atoms with Gasteiger partial charge in [-0.3, -0.25) is 14.5 Å². The Morgan fingerprint density at radius 1 is 0.762 bits per heavy atom. The van der Waals surface area contributed by atoms with E-state index in [2.05, 4.69) is 0 Å². The second-order valence-electron chi connectivity index (χ2n) is 9.70. The summed E-state index contributed by atoms with van der Waals surface area (Å²) in [5.41, 5.74) is 5.00. The number of para-hydroxylation sites is 1. The zero-order chi connectivity index (χ0) is 28.9. The molecule has 8 heteroatoms. The fourth-order valence-corrected chi connectivity index (χ4v) is 5.29. The van der Waals surface area contributed by atoms with Gasteiger partial charge in [0, 0.05) is 30.4 Å². The molecule has 0 radical (unpaired) electrons. The summed E-state index contributed by atoms with van der Waals surface area (Å²) in [5, 5.41) is 4.61. The molecule has 1 aliphatic heterocycles. The lowest BCUT2D eigenvalue weighted by atomic mass is 10.1. The van der Waals surface area contributed by atoms with Crippen LogP contribution in [0.5, 0.6) is 11.5 Å². The molecule has 0 bridgehead atoms. The molecule has 0 atom stereocenters. The third-order valence-corrected chi connectivity index (χ3v) is 7.65. The molecule has 0 saturated carbocycles. The lowest BCUT2D eigenvalue weighted by Gasteiger charge is -2.13. The first-order valence-electron chi connectivity index (χ1n) is 13.4. The number of carbonyl (C=O) groups excluding carboxylic acids is 2. The van der Waals surface area contributed by atoms with Crippen molar-refractivity contribution in [2.75, 3.05) is 7.05 Å². The van der Waals surface area contributed by atoms with E-state index in [1.807, 2.05) is 115 Å². The number of carbonyl (C=O) groups is 2. The second-order valence-corrected chi connectivity index (χ2v) is 10.7. The number of amides is 2. The summed E-state index contributed by atoms with van der Waals surface area (Å²) in [6.45, 7) is 0.773. The van der Waals surface area contributed by atoms with E-state index in [0.29, 0.717) is 40.9 Å². The van der Waals surface area contributed by atoms with Crippen LogP contribution in [0.1, 0.15) is 16.7 Å². The van der Waals surface area contributed by atoms with E-state index in [9.17, 15) is 9.59 Å². The van der Waals surface area contributed by atoms with Crippen LogP contribution in [-0.4, -0.2) is 32.9 Å². The molecule has 1 fully saturated rings. The molecule has 208 valence electrons. The molecule has 0 unspecified atom stereocenters. The topological polar surface area (TPSA) is 73.7 Å². The van der Waals surface area contributed by atoms with Gasteiger partial charge >= 0.3 is 0 Å². The molecule has 2 heterocycles. The van der Waals surface area contributed by atoms with Gasteiger partial charge in [0.05, 0.1) is 10.6 Å². The predicted octanol–water partition coefficient (Wildman–Crippen LogP) is 7.36. The smallest absolute Gasteiger partial charge is 0.293 e. The Morgan fingerprint density at radius 3 is 1.83 bits per heavy atom. The predicted molar refractivity (Wildman–Crippen MR) is 164 cm³/mol. The van der Waals surface area contributed by atoms with Crippen LogP contribution in [0.2, 0.25) is 0 Å². The van der Waals surface area contributed by atoms with Crippen molar-refractivity contribution in [3.05, 3.63) is 137 Å². The summed E-state index contributed by atoms with van der Waals surface area (Å²) >= 11 is 0.916. The molecule has 0 aliphatic carbocycles. The highest BCUT2D eigenvalue weighted by molar-refractivity contribution is 8.18. The molecule has 0 N–H and O–H groups in total. The van der Waals surface area contributed by atoms with Crippen molar-refractivity contribution in [3.8, 4) is 28.4 Å². The third-order valence-electron chi connectivity index (χ3n) is 6.69. The lowest BCUT2D eigenvalue weighted by molar-refractivity contribution is -0.121. The van der Waals surface area contributed by atoms with Crippen molar-refractivity contribution in [1.82, 2.24) is 14.7 Å². The monoisotopic (exact) mass is 573 g/mol. The Labute approximate surface area is 248 Å². The molecule has 6 rings (SSSR count). The summed E-state index contributed by atoms with van der Waals surface area (Å²) < 4.78 is 14.2. The summed E-state index contributed by atoms with van der Waals surface area (Å²) in [5.74, 6) is 0.900. The van der Waals surface area contributed by atoms with Crippen LogP contribution in [-0.2, 0) is 18.0 Å². The highest BCUT2D eigenvalue weighted by Crippen LogP contribution is 2.36. The number of thioether (sulfide) groups is 1. The van der Waals surface area contributed by atoms with Crippen molar-refractivity contribution in [2.24, 2.45) is 0 Å². The van der Waals surface area contributed by atoms with Crippen molar-refractivity contribution in [2.45, 2.75) is 13.2 Å². The minimum absolute atomic E-state index is 0.309. The Hall–Kier alpha value is -5.08. The fourth-order valence-electron chi connectivity index (χ4n) is 4.47. The molecule has 1 saturated heterocycles. The number of hydrogen-bond donors (Lipinski definition) is 0. The van der Waals surface area contributed by atoms with Gasteiger partial charge in [0.1, 0.15) is 30.4 Å². The van der Waals surface area contributed by atoms with Gasteiger partial charge in [0.2, 0.25) is 0 Å². The largest absolute Gasteiger partial charge is 0.489 e. The maximum atomic E-state index is 12.7. The van der Waals surface area contributed by atoms with Crippen molar-refractivity contribution < 1.29 is 19.1 Å². The molecule has 2 amide bonds. The Bertz CT molecular complexity index is 1690. The maximum Gasteiger partial charge on any atom is 0.293 e. The van der Waals surface area contributed by atoms with Gasteiger partial charge in [-0.15, -0.1) is 0 Å². The maximum absolute atomic E-state index is 12.7. The Morgan fingerprint density at radius 2 is 1.31 bits per heavy atom. The van der Waals surface area contributed by atoms with Gasteiger partial charge in [-0.1, -0.05) is 78.9 Å². The third kappa shape index (κ3) is 6.14. The number of nitrogens with zero attached hydrogens (tertiary/aromatic N) is 3. The number of imide groups is 1. The Balaban J connectivity index is 1.41. The molecule has 42 heavy (non-hydrogen) atoms. The number of benzene rings is 4. The lowest BCUT2D eigenvalue weighted by Crippen LogP contribution is -2.22. The standard InChI is InChI=1S/C34H27N3O4S/c1-36-33(38)31(42-34(36)39)19-27-21-37(28-15-9-4-10-16-28)35-32(27)26-17-29(40-22-24-11-5-2-6-12-24)20-30(18-26)41-23-25-13-7-3-8-14-25/h2-21H,22-23H2,1H3/b31-19-. The van der Waals surface area contributed by atoms with E-state index in [4.69, 9.17) is 14.6 Å². The highest BCUT2D eigenvalue weighted by atomic mass is 32.2. The molecular formula is C34H27N3O4S. The van der Waals surface area contributed by atoms with E-state index in [-0.39, 0.29) is 11.1 Å². The molecular weight excluding hydrogens is 546 g/mol. The van der Waals surface area contributed by atoms with Gasteiger partial charge in [-0.2, -0.15) is 5.10 Å². The molecule has 7 nitrogen and oxygen atoms in total. The van der Waals surface area contributed by atoms with Gasteiger partial charge < -0.3 is 9.47 Å². The first kappa shape index (κ1) is 27.1. The van der Waals surface area contributed by atoms with Crippen LogP contribution in [0.15, 0.2) is 120 Å². The minimum Gasteiger partial charge on any atom is -0.489 e. The van der Waals surface area contributed by atoms with Crippen LogP contribution in [0.25, 0.3) is 23.0 Å². The zero-order valence-electron chi connectivity index (χ0n) is 22.8. The van der Waals surface area contributed by atoms with Crippen LogP contribution in [0, 0.1) is 0 Å². The number of hydrogen-bond acceptors (Lipinski definition) is 6. The minimum atomic E-state index is -0.338. The normalized spacial score (nSPS) is 14.0. The average Bonchev–Trinajstić information content (AvgIpc) is 3.56. The van der Waals surface area contributed by atoms with Crippen molar-refractivity contribution in [3.63, 3.8) is 0 Å². The highest BCUT2D eigenvalue weighted by Gasteiger charge is 2.32. The molecule has 1 aliphatic rings. The zero-order valence-corrected chi connectivity index (χ0v) is 23.7. The number of ether oxygens (including phenoxy) is 2. The number of aromatic nitrogens is 2. The van der Waals surface area contributed by atoms with Gasteiger partial charge in [-0.05, 0) is 53.2 Å². The molecule has 4 aromatic carbocycles. The second kappa shape index (κ2) is 12.2. The van der Waals surface area contributed by atoms with Crippen molar-refractivity contribution in [1.29, 1.82) is 0 Å². The van der Waals surface area contributed by atoms with Crippen molar-refractivity contribution >= 4 is 29.0 Å². The summed E-state index contributed by atoms with van der Waals surface area (Å²) in [6.07, 6.45) is 3.58. The average molecular weight is 574 g/mol. The van der Waals surface area contributed by atoms with Crippen LogP contribution in [0.4, 0.5) is 4.79 Å². The molecule has 5 aromatic rings. The fraction of sp³-hybridized carbons (Fsp3) is 0.0882. The van der Waals surface area contributed by atoms with Crippen LogP contribution >= 0.6 is 11.8 Å². The SMILES string of the molecule is CN1C(=O)S/C(=C\c2cn(-c3ccccc3)nc2-c2cc(OCc3ccccc3)cc(OCc3ccccc3)c2)C1=O. The first-order chi connectivity index (χ1) is 20.5. The van der Waals surface area contributed by atoms with E-state index in [1.54, 1.807) is 10.8 Å². The van der Waals surface area contributed by atoms with E-state index in [1.165, 1.54) is 7.05 Å². The van der Waals surface area contributed by atoms with E-state index < -0.39 is 0 Å². The van der Waals surface area contributed by atoms with Gasteiger partial charge in [-0.25, -0.2) is 4.68 Å². The quantitative estimate of drug-likeness (QED) is 0.172. The first-order valence-corrected chi connectivity index (χ1v) is 14.2. The summed E-state index contributed by atoms with van der Waals surface area (Å²) in [6, 6.07) is 35.3. The summed E-state index contributed by atoms with van der Waals surface area (Å²) in [7, 11) is 1.48. The Kier molecular flexibility index (Phi) is 7.87. The van der Waals surface area contributed by atoms with Crippen LogP contribution < -0.4 is 9.47 Å².